The minimum absolute atomic E-state index is 0.0980. The fourth-order valence-corrected chi connectivity index (χ4v) is 4.86. The first-order chi connectivity index (χ1) is 18.4. The number of pyridine rings is 1. The van der Waals surface area contributed by atoms with Gasteiger partial charge in [0.05, 0.1) is 16.8 Å². The van der Waals surface area contributed by atoms with Gasteiger partial charge in [-0.2, -0.15) is 13.2 Å². The predicted molar refractivity (Wildman–Crippen MR) is 144 cm³/mol. The predicted octanol–water partition coefficient (Wildman–Crippen LogP) is 6.43. The van der Waals surface area contributed by atoms with Crippen LogP contribution in [0.2, 0.25) is 0 Å². The fraction of sp³-hybridized carbons (Fsp3) is 0.258. The molecule has 39 heavy (non-hydrogen) atoms. The lowest BCUT2D eigenvalue weighted by Crippen LogP contribution is -2.57. The Morgan fingerprint density at radius 3 is 2.38 bits per heavy atom. The molecule has 202 valence electrons. The minimum Gasteiger partial charge on any atom is -0.329 e. The lowest BCUT2D eigenvalue weighted by atomic mass is 9.79. The maximum absolute atomic E-state index is 13.8. The van der Waals surface area contributed by atoms with E-state index in [0.29, 0.717) is 11.3 Å². The molecule has 0 saturated carbocycles. The number of nitrogens with zero attached hydrogens (tertiary/aromatic N) is 1. The molecule has 5 nitrogen and oxygen atoms in total. The summed E-state index contributed by atoms with van der Waals surface area (Å²) in [4.78, 5) is 30.2. The number of nitrogens with one attached hydrogen (secondary N) is 2. The second-order valence-corrected chi connectivity index (χ2v) is 10.1. The third-order valence-electron chi connectivity index (χ3n) is 6.84. The molecule has 0 radical (unpaired) electrons. The summed E-state index contributed by atoms with van der Waals surface area (Å²) in [6.45, 7) is 5.11. The monoisotopic (exact) mass is 533 g/mol. The number of rotatable bonds is 7. The molecule has 2 amide bonds. The fourth-order valence-electron chi connectivity index (χ4n) is 4.86. The van der Waals surface area contributed by atoms with Gasteiger partial charge < -0.3 is 10.6 Å². The van der Waals surface area contributed by atoms with Crippen molar-refractivity contribution in [1.82, 2.24) is 15.6 Å². The van der Waals surface area contributed by atoms with Gasteiger partial charge >= 0.3 is 12.2 Å². The molecule has 0 bridgehead atoms. The van der Waals surface area contributed by atoms with Crippen molar-refractivity contribution in [3.63, 3.8) is 0 Å². The lowest BCUT2D eigenvalue weighted by molar-refractivity contribution is -0.137. The molecular formula is C31H30F3N3O2. The van der Waals surface area contributed by atoms with Crippen LogP contribution in [0.1, 0.15) is 48.2 Å². The van der Waals surface area contributed by atoms with Gasteiger partial charge in [-0.05, 0) is 67.3 Å². The first kappa shape index (κ1) is 27.8. The molecule has 1 heterocycles. The van der Waals surface area contributed by atoms with Crippen LogP contribution in [0.25, 0.3) is 0 Å². The largest absolute Gasteiger partial charge is 0.416 e. The number of allylic oxidation sites excluding steroid dienone is 2. The number of alkyl halides is 3. The van der Waals surface area contributed by atoms with E-state index in [1.54, 1.807) is 49.5 Å². The summed E-state index contributed by atoms with van der Waals surface area (Å²) in [6, 6.07) is 17.1. The van der Waals surface area contributed by atoms with Crippen LogP contribution in [-0.4, -0.2) is 22.3 Å². The average molecular weight is 534 g/mol. The summed E-state index contributed by atoms with van der Waals surface area (Å²) in [5, 5.41) is 5.96. The molecule has 2 N–H and O–H groups in total. The van der Waals surface area contributed by atoms with Crippen molar-refractivity contribution in [2.24, 2.45) is 0 Å². The van der Waals surface area contributed by atoms with Gasteiger partial charge in [0.2, 0.25) is 0 Å². The van der Waals surface area contributed by atoms with E-state index in [4.69, 9.17) is 0 Å². The number of carbonyl (C=O) groups excluding carboxylic acids is 2. The molecule has 0 spiro atoms. The minimum atomic E-state index is -4.58. The Labute approximate surface area is 225 Å². The van der Waals surface area contributed by atoms with Crippen LogP contribution in [0.3, 0.4) is 0 Å². The first-order valence-corrected chi connectivity index (χ1v) is 12.5. The topological polar surface area (TPSA) is 71.1 Å². The van der Waals surface area contributed by atoms with Crippen LogP contribution in [0.5, 0.6) is 0 Å². The van der Waals surface area contributed by atoms with Crippen molar-refractivity contribution in [2.75, 3.05) is 0 Å². The lowest BCUT2D eigenvalue weighted by Gasteiger charge is -2.38. The molecule has 1 aliphatic carbocycles. The van der Waals surface area contributed by atoms with Gasteiger partial charge in [0, 0.05) is 19.0 Å². The highest BCUT2D eigenvalue weighted by molar-refractivity contribution is 5.94. The second kappa shape index (κ2) is 10.9. The van der Waals surface area contributed by atoms with Crippen LogP contribution in [0.4, 0.5) is 18.0 Å². The van der Waals surface area contributed by atoms with Crippen LogP contribution in [0.15, 0.2) is 96.7 Å². The Balaban J connectivity index is 1.83. The number of hydrogen-bond acceptors (Lipinski definition) is 3. The van der Waals surface area contributed by atoms with E-state index in [9.17, 15) is 22.8 Å². The summed E-state index contributed by atoms with van der Waals surface area (Å²) in [5.74, 6) is -0.0980. The summed E-state index contributed by atoms with van der Waals surface area (Å²) in [6.07, 6.45) is 2.63. The number of aryl methyl sites for hydroxylation is 1. The SMILES string of the molecule is CC(=O)C1=CC=CC(C)(NC(=O)NC(Cc2ccccc2)(c2cccc(C(F)(F)F)c2)c2cc(C)ccn2)C1. The van der Waals surface area contributed by atoms with Crippen molar-refractivity contribution in [1.29, 1.82) is 0 Å². The number of benzene rings is 2. The molecular weight excluding hydrogens is 503 g/mol. The van der Waals surface area contributed by atoms with Crippen molar-refractivity contribution in [2.45, 2.75) is 50.9 Å². The van der Waals surface area contributed by atoms with Crippen molar-refractivity contribution in [3.05, 3.63) is 125 Å². The number of aromatic nitrogens is 1. The van der Waals surface area contributed by atoms with E-state index < -0.39 is 28.8 Å². The molecule has 0 saturated heterocycles. The number of amides is 2. The highest BCUT2D eigenvalue weighted by atomic mass is 19.4. The number of Topliss-reactive ketones (excluding diaryl/α,β-unsaturated/α-hetero) is 1. The summed E-state index contributed by atoms with van der Waals surface area (Å²) < 4.78 is 41.5. The van der Waals surface area contributed by atoms with Gasteiger partial charge in [-0.1, -0.05) is 60.7 Å². The van der Waals surface area contributed by atoms with Crippen LogP contribution >= 0.6 is 0 Å². The third kappa shape index (κ3) is 6.45. The highest BCUT2D eigenvalue weighted by Gasteiger charge is 2.41. The van der Waals surface area contributed by atoms with Crippen LogP contribution < -0.4 is 10.6 Å². The van der Waals surface area contributed by atoms with Crippen LogP contribution in [0, 0.1) is 6.92 Å². The van der Waals surface area contributed by atoms with Gasteiger partial charge in [-0.25, -0.2) is 4.79 Å². The first-order valence-electron chi connectivity index (χ1n) is 12.5. The van der Waals surface area contributed by atoms with E-state index in [-0.39, 0.29) is 24.2 Å². The zero-order chi connectivity index (χ0) is 28.3. The number of hydrogen-bond donors (Lipinski definition) is 2. The summed E-state index contributed by atoms with van der Waals surface area (Å²) in [7, 11) is 0. The highest BCUT2D eigenvalue weighted by Crippen LogP contribution is 2.37. The quantitative estimate of drug-likeness (QED) is 0.368. The van der Waals surface area contributed by atoms with Crippen molar-refractivity contribution < 1.29 is 22.8 Å². The normalized spacial score (nSPS) is 18.6. The third-order valence-corrected chi connectivity index (χ3v) is 6.84. The molecule has 2 atom stereocenters. The molecule has 2 unspecified atom stereocenters. The molecule has 1 aromatic heterocycles. The maximum atomic E-state index is 13.8. The average Bonchev–Trinajstić information content (AvgIpc) is 2.88. The van der Waals surface area contributed by atoms with E-state index in [0.717, 1.165) is 23.3 Å². The molecule has 4 rings (SSSR count). The number of urea groups is 1. The van der Waals surface area contributed by atoms with Gasteiger partial charge in [0.25, 0.3) is 0 Å². The van der Waals surface area contributed by atoms with Crippen LogP contribution in [-0.2, 0) is 22.9 Å². The molecule has 0 fully saturated rings. The Hall–Kier alpha value is -4.20. The molecule has 8 heteroatoms. The summed E-state index contributed by atoms with van der Waals surface area (Å²) >= 11 is 0. The number of carbonyl (C=O) groups is 2. The van der Waals surface area contributed by atoms with E-state index in [2.05, 4.69) is 15.6 Å². The van der Waals surface area contributed by atoms with E-state index >= 15 is 0 Å². The number of halogens is 3. The Morgan fingerprint density at radius 1 is 1.00 bits per heavy atom. The van der Waals surface area contributed by atoms with Gasteiger partial charge in [-0.3, -0.25) is 9.78 Å². The molecule has 2 aromatic carbocycles. The zero-order valence-electron chi connectivity index (χ0n) is 22.0. The zero-order valence-corrected chi connectivity index (χ0v) is 22.0. The smallest absolute Gasteiger partial charge is 0.329 e. The number of ketones is 1. The maximum Gasteiger partial charge on any atom is 0.416 e. The van der Waals surface area contributed by atoms with Gasteiger partial charge in [0.15, 0.2) is 5.78 Å². The van der Waals surface area contributed by atoms with E-state index in [1.165, 1.54) is 13.0 Å². The molecule has 0 aliphatic heterocycles. The Kier molecular flexibility index (Phi) is 7.77. The van der Waals surface area contributed by atoms with Gasteiger partial charge in [-0.15, -0.1) is 0 Å². The molecule has 1 aliphatic rings. The van der Waals surface area contributed by atoms with Gasteiger partial charge in [0.1, 0.15) is 5.54 Å². The standard InChI is InChI=1S/C31H30F3N3O2/c1-21-14-16-35-27(17-21)30(19-23-9-5-4-6-10-23,25-12-7-13-26(18-25)31(32,33)34)37-28(39)36-29(3)15-8-11-24(20-29)22(2)38/h4-18H,19-20H2,1-3H3,(H2,36,37,39). The molecule has 3 aromatic rings. The second-order valence-electron chi connectivity index (χ2n) is 10.1. The Morgan fingerprint density at radius 2 is 1.72 bits per heavy atom. The van der Waals surface area contributed by atoms with Crippen molar-refractivity contribution in [3.8, 4) is 0 Å². The van der Waals surface area contributed by atoms with E-state index in [1.807, 2.05) is 37.3 Å². The summed E-state index contributed by atoms with van der Waals surface area (Å²) in [5.41, 5.74) is -0.328. The van der Waals surface area contributed by atoms with Crippen molar-refractivity contribution >= 4 is 11.8 Å². The Bertz CT molecular complexity index is 1430.